The van der Waals surface area contributed by atoms with Gasteiger partial charge in [0.1, 0.15) is 0 Å². The summed E-state index contributed by atoms with van der Waals surface area (Å²) in [5.74, 6) is 0.286. The molecule has 0 saturated heterocycles. The fourth-order valence-electron chi connectivity index (χ4n) is 0.946. The van der Waals surface area contributed by atoms with E-state index in [9.17, 15) is 10.2 Å². The van der Waals surface area contributed by atoms with Crippen LogP contribution in [0.1, 0.15) is 5.56 Å². The Kier molecular flexibility index (Phi) is 3.56. The summed E-state index contributed by atoms with van der Waals surface area (Å²) in [5, 5.41) is 18.9. The van der Waals surface area contributed by atoms with E-state index >= 15 is 0 Å². The zero-order valence-corrected chi connectivity index (χ0v) is 12.7. The van der Waals surface area contributed by atoms with Gasteiger partial charge < -0.3 is 0 Å². The van der Waals surface area contributed by atoms with Crippen molar-refractivity contribution in [2.24, 2.45) is 0 Å². The van der Waals surface area contributed by atoms with Gasteiger partial charge in [0.25, 0.3) is 0 Å². The van der Waals surface area contributed by atoms with Gasteiger partial charge in [-0.25, -0.2) is 0 Å². The van der Waals surface area contributed by atoms with Crippen molar-refractivity contribution in [3.63, 3.8) is 0 Å². The molecule has 1 aromatic rings. The van der Waals surface area contributed by atoms with E-state index in [1.165, 1.54) is 6.07 Å². The Morgan fingerprint density at radius 2 is 1.69 bits per heavy atom. The number of rotatable bonds is 1. The van der Waals surface area contributed by atoms with E-state index in [0.29, 0.717) is 0 Å². The van der Waals surface area contributed by atoms with Crippen LogP contribution in [0.2, 0.25) is 4.97 Å². The summed E-state index contributed by atoms with van der Waals surface area (Å²) in [7, 11) is 0. The van der Waals surface area contributed by atoms with Crippen molar-refractivity contribution in [1.82, 2.24) is 0 Å². The van der Waals surface area contributed by atoms with Gasteiger partial charge in [-0.2, -0.15) is 0 Å². The summed E-state index contributed by atoms with van der Waals surface area (Å²) in [4.78, 5) is 2.05. The molecule has 0 aromatic heterocycles. The second-order valence-corrected chi connectivity index (χ2v) is 31.4. The molecule has 2 nitrogen and oxygen atoms in total. The minimum atomic E-state index is -2.38. The van der Waals surface area contributed by atoms with Gasteiger partial charge in [0.15, 0.2) is 0 Å². The number of hydrogen-bond donors (Lipinski definition) is 2. The van der Waals surface area contributed by atoms with E-state index in [2.05, 4.69) is 25.5 Å². The quantitative estimate of drug-likeness (QED) is 0.679. The van der Waals surface area contributed by atoms with Crippen molar-refractivity contribution in [1.29, 1.82) is 0 Å². The van der Waals surface area contributed by atoms with Crippen molar-refractivity contribution in [3.8, 4) is 11.5 Å². The van der Waals surface area contributed by atoms with Crippen LogP contribution in [0.3, 0.4) is 0 Å². The van der Waals surface area contributed by atoms with Crippen molar-refractivity contribution < 1.29 is 10.2 Å². The summed E-state index contributed by atoms with van der Waals surface area (Å²) in [6, 6.07) is 3.20. The molecule has 13 heavy (non-hydrogen) atoms. The third-order valence-electron chi connectivity index (χ3n) is 1.66. The van der Waals surface area contributed by atoms with Gasteiger partial charge in [0.2, 0.25) is 0 Å². The van der Waals surface area contributed by atoms with E-state index in [4.69, 9.17) is 0 Å². The molecule has 1 aromatic carbocycles. The van der Waals surface area contributed by atoms with Gasteiger partial charge >= 0.3 is 94.2 Å². The number of halogens is 2. The van der Waals surface area contributed by atoms with Crippen LogP contribution in [0.15, 0.2) is 12.1 Å². The first-order valence-electron chi connectivity index (χ1n) is 3.52. The van der Waals surface area contributed by atoms with Crippen LogP contribution in [-0.2, 0) is 0 Å². The van der Waals surface area contributed by atoms with Gasteiger partial charge in [0.05, 0.1) is 0 Å². The maximum atomic E-state index is 9.58. The molecular weight excluding hydrogens is 415 g/mol. The first kappa shape index (κ1) is 11.6. The van der Waals surface area contributed by atoms with Gasteiger partial charge in [-0.3, -0.25) is 0 Å². The van der Waals surface area contributed by atoms with Crippen LogP contribution in [0.5, 0.6) is 11.5 Å². The molecule has 0 saturated carbocycles. The van der Waals surface area contributed by atoms with E-state index in [1.54, 1.807) is 0 Å². The number of phenolic OH excluding ortho intramolecular Hbond substituents is 2. The van der Waals surface area contributed by atoms with Crippen molar-refractivity contribution >= 4 is 42.9 Å². The Morgan fingerprint density at radius 1 is 1.15 bits per heavy atom. The fourth-order valence-corrected chi connectivity index (χ4v) is 6.74. The Bertz CT molecular complexity index is 334. The molecule has 0 aliphatic heterocycles. The van der Waals surface area contributed by atoms with E-state index in [1.807, 2.05) is 18.0 Å². The molecule has 0 radical (unpaired) electrons. The molecule has 0 aliphatic carbocycles. The molecule has 1 rings (SSSR count). The fraction of sp³-hybridized carbons (Fsp3) is 0.250. The zero-order chi connectivity index (χ0) is 10.2. The molecule has 74 valence electrons. The number of phenols is 2. The number of aryl methyl sites for hydroxylation is 1. The topological polar surface area (TPSA) is 40.5 Å². The molecule has 0 fully saturated rings. The average Bonchev–Trinajstić information content (AvgIpc) is 1.94. The van der Waals surface area contributed by atoms with E-state index < -0.39 is 13.8 Å². The molecule has 0 atom stereocenters. The molecule has 0 amide bonds. The monoisotopic (exact) mass is 426 g/mol. The SMILES string of the molecule is Cc1cc([Te](C)(Br)Br)c(O)cc1O. The minimum absolute atomic E-state index is 0.133. The molecule has 2 N–H and O–H groups in total. The summed E-state index contributed by atoms with van der Waals surface area (Å²) in [6.07, 6.45) is 0. The molecule has 5 heteroatoms. The Balaban J connectivity index is 3.32. The van der Waals surface area contributed by atoms with Crippen LogP contribution in [0, 0.1) is 6.92 Å². The second-order valence-electron chi connectivity index (χ2n) is 2.83. The van der Waals surface area contributed by atoms with Crippen LogP contribution in [-0.4, -0.2) is 24.0 Å². The Labute approximate surface area is 93.4 Å². The second kappa shape index (κ2) is 3.98. The first-order valence-corrected chi connectivity index (χ1v) is 17.5. The third-order valence-corrected chi connectivity index (χ3v) is 9.48. The molecule has 0 aliphatic rings. The molecule has 0 unspecified atom stereocenters. The number of aromatic hydroxyl groups is 2. The number of benzene rings is 1. The van der Waals surface area contributed by atoms with Crippen molar-refractivity contribution in [3.05, 3.63) is 17.7 Å². The first-order chi connectivity index (χ1) is 5.82. The Morgan fingerprint density at radius 3 is 2.15 bits per heavy atom. The van der Waals surface area contributed by atoms with E-state index in [-0.39, 0.29) is 11.5 Å². The maximum absolute atomic E-state index is 9.58. The normalized spacial score (nSPS) is 12.9. The summed E-state index contributed by atoms with van der Waals surface area (Å²) in [5.41, 5.74) is 0.782. The van der Waals surface area contributed by atoms with Gasteiger partial charge in [0, 0.05) is 0 Å². The predicted octanol–water partition coefficient (Wildman–Crippen LogP) is 2.48. The van der Waals surface area contributed by atoms with Crippen molar-refractivity contribution in [2.75, 3.05) is 0 Å². The van der Waals surface area contributed by atoms with Crippen LogP contribution < -0.4 is 3.61 Å². The van der Waals surface area contributed by atoms with Crippen LogP contribution >= 0.6 is 25.5 Å². The van der Waals surface area contributed by atoms with E-state index in [0.717, 1.165) is 9.17 Å². The summed E-state index contributed by atoms with van der Waals surface area (Å²) >= 11 is 4.74. The van der Waals surface area contributed by atoms with Crippen LogP contribution in [0.4, 0.5) is 0 Å². The summed E-state index contributed by atoms with van der Waals surface area (Å²) < 4.78 is 0.887. The molecule has 0 spiro atoms. The third kappa shape index (κ3) is 2.76. The van der Waals surface area contributed by atoms with Crippen LogP contribution in [0.25, 0.3) is 0 Å². The average molecular weight is 426 g/mol. The number of hydrogen-bond acceptors (Lipinski definition) is 2. The van der Waals surface area contributed by atoms with Gasteiger partial charge in [-0.1, -0.05) is 0 Å². The predicted molar refractivity (Wildman–Crippen MR) is 63.6 cm³/mol. The summed E-state index contributed by atoms with van der Waals surface area (Å²) in [6.45, 7) is 1.81. The van der Waals surface area contributed by atoms with Gasteiger partial charge in [-0.05, 0) is 0 Å². The molecular formula is C8H10Br2O2Te. The molecule has 0 heterocycles. The molecule has 0 bridgehead atoms. The van der Waals surface area contributed by atoms with Crippen molar-refractivity contribution in [2.45, 2.75) is 11.9 Å². The van der Waals surface area contributed by atoms with Gasteiger partial charge in [-0.15, -0.1) is 0 Å². The Hall–Kier alpha value is 0.570. The standard InChI is InChI=1S/C8H10Br2O2Te/c1-5-3-8(13(2,9)10)7(12)4-6(5)11/h3-4,11-12H,1-2H3. The zero-order valence-electron chi connectivity index (χ0n) is 7.21.